The summed E-state index contributed by atoms with van der Waals surface area (Å²) in [6.45, 7) is 0. The van der Waals surface area contributed by atoms with Crippen molar-refractivity contribution in [1.82, 2.24) is 5.32 Å². The maximum Gasteiger partial charge on any atom is 0.263 e. The molecule has 1 aliphatic rings. The summed E-state index contributed by atoms with van der Waals surface area (Å²) in [4.78, 5) is 14.5. The normalized spacial score (nSPS) is 15.8. The summed E-state index contributed by atoms with van der Waals surface area (Å²) < 4.78 is 0.454. The van der Waals surface area contributed by atoms with Gasteiger partial charge in [-0.2, -0.15) is 0 Å². The van der Waals surface area contributed by atoms with E-state index in [1.165, 1.54) is 11.8 Å². The summed E-state index contributed by atoms with van der Waals surface area (Å²) in [6, 6.07) is 15.4. The quantitative estimate of drug-likeness (QED) is 0.433. The largest absolute Gasteiger partial charge is 0.307 e. The van der Waals surface area contributed by atoms with Crippen LogP contribution in [0.4, 0.5) is 5.69 Å². The number of thioether (sulfide) groups is 1. The lowest BCUT2D eigenvalue weighted by Crippen LogP contribution is -2.17. The first-order chi connectivity index (χ1) is 11.2. The highest BCUT2D eigenvalue weighted by molar-refractivity contribution is 8.26. The van der Waals surface area contributed by atoms with Crippen molar-refractivity contribution in [2.45, 2.75) is 9.79 Å². The van der Waals surface area contributed by atoms with Crippen molar-refractivity contribution in [3.63, 3.8) is 0 Å². The molecule has 1 fully saturated rings. The standard InChI is InChI=1S/C16H12N2O2S3/c19-15-14(23-16(21)17-15)9-10-8-11(18-20)6-7-13(10)22-12-4-2-1-3-5-12/h1-9,18,20H,(H,17,19,21)/b14-9-. The van der Waals surface area contributed by atoms with Crippen LogP contribution in [0.2, 0.25) is 0 Å². The highest BCUT2D eigenvalue weighted by Crippen LogP contribution is 2.35. The van der Waals surface area contributed by atoms with Gasteiger partial charge < -0.3 is 5.32 Å². The molecule has 2 aromatic rings. The smallest absolute Gasteiger partial charge is 0.263 e. The number of thiocarbonyl (C=S) groups is 1. The van der Waals surface area contributed by atoms with Gasteiger partial charge in [0.05, 0.1) is 10.6 Å². The predicted octanol–water partition coefficient (Wildman–Crippen LogP) is 4.13. The second-order valence-electron chi connectivity index (χ2n) is 4.63. The summed E-state index contributed by atoms with van der Waals surface area (Å²) in [5, 5.41) is 11.7. The third-order valence-electron chi connectivity index (χ3n) is 3.04. The minimum Gasteiger partial charge on any atom is -0.307 e. The van der Waals surface area contributed by atoms with Gasteiger partial charge in [-0.3, -0.25) is 15.5 Å². The molecule has 0 saturated carbocycles. The second-order valence-corrected chi connectivity index (χ2v) is 7.47. The molecule has 116 valence electrons. The third-order valence-corrected chi connectivity index (χ3v) is 5.30. The Kier molecular flexibility index (Phi) is 5.02. The maximum atomic E-state index is 11.9. The first kappa shape index (κ1) is 16.1. The number of carbonyl (C=O) groups excluding carboxylic acids is 1. The van der Waals surface area contributed by atoms with Gasteiger partial charge in [0.1, 0.15) is 4.32 Å². The Bertz CT molecular complexity index is 791. The molecule has 3 rings (SSSR count). The molecule has 0 aliphatic carbocycles. The predicted molar refractivity (Wildman–Crippen MR) is 98.7 cm³/mol. The van der Waals surface area contributed by atoms with Crippen molar-refractivity contribution in [3.8, 4) is 0 Å². The van der Waals surface area contributed by atoms with Crippen LogP contribution in [0.25, 0.3) is 6.08 Å². The van der Waals surface area contributed by atoms with Gasteiger partial charge in [-0.1, -0.05) is 53.9 Å². The Morgan fingerprint density at radius 1 is 1.22 bits per heavy atom. The molecule has 1 heterocycles. The van der Waals surface area contributed by atoms with Crippen LogP contribution in [-0.4, -0.2) is 15.4 Å². The molecule has 4 nitrogen and oxygen atoms in total. The highest BCUT2D eigenvalue weighted by atomic mass is 32.2. The number of hydrogen-bond acceptors (Lipinski definition) is 6. The summed E-state index contributed by atoms with van der Waals surface area (Å²) in [5.74, 6) is -0.196. The Labute approximate surface area is 147 Å². The van der Waals surface area contributed by atoms with Crippen molar-refractivity contribution < 1.29 is 10.0 Å². The summed E-state index contributed by atoms with van der Waals surface area (Å²) in [5.41, 5.74) is 3.52. The number of carbonyl (C=O) groups is 1. The van der Waals surface area contributed by atoms with Gasteiger partial charge in [-0.25, -0.2) is 0 Å². The topological polar surface area (TPSA) is 61.4 Å². The molecule has 0 bridgehead atoms. The van der Waals surface area contributed by atoms with Gasteiger partial charge in [0, 0.05) is 9.79 Å². The molecule has 3 N–H and O–H groups in total. The molecule has 7 heteroatoms. The van der Waals surface area contributed by atoms with Crippen LogP contribution >= 0.6 is 35.7 Å². The molecule has 0 unspecified atom stereocenters. The molecule has 1 amide bonds. The summed E-state index contributed by atoms with van der Waals surface area (Å²) >= 11 is 7.84. The Hall–Kier alpha value is -1.80. The van der Waals surface area contributed by atoms with Crippen molar-refractivity contribution in [2.24, 2.45) is 0 Å². The fraction of sp³-hybridized carbons (Fsp3) is 0. The molecule has 0 spiro atoms. The molecular formula is C16H12N2O2S3. The zero-order valence-corrected chi connectivity index (χ0v) is 14.2. The van der Waals surface area contributed by atoms with E-state index < -0.39 is 0 Å². The average Bonchev–Trinajstić information content (AvgIpc) is 2.87. The van der Waals surface area contributed by atoms with Gasteiger partial charge in [0.15, 0.2) is 0 Å². The van der Waals surface area contributed by atoms with Crippen LogP contribution < -0.4 is 10.8 Å². The van der Waals surface area contributed by atoms with E-state index in [-0.39, 0.29) is 5.91 Å². The van der Waals surface area contributed by atoms with E-state index in [2.05, 4.69) is 10.8 Å². The van der Waals surface area contributed by atoms with Gasteiger partial charge in [0.2, 0.25) is 0 Å². The van der Waals surface area contributed by atoms with Crippen LogP contribution in [0.5, 0.6) is 0 Å². The molecule has 1 aliphatic heterocycles. The first-order valence-electron chi connectivity index (χ1n) is 6.67. The molecule has 1 saturated heterocycles. The third kappa shape index (κ3) is 3.94. The SMILES string of the molecule is O=C1NC(=S)S/C1=C\c1cc(NO)ccc1Sc1ccccc1. The van der Waals surface area contributed by atoms with Crippen LogP contribution in [0.15, 0.2) is 63.2 Å². The zero-order valence-electron chi connectivity index (χ0n) is 11.8. The van der Waals surface area contributed by atoms with E-state index in [0.717, 1.165) is 15.4 Å². The van der Waals surface area contributed by atoms with E-state index in [0.29, 0.717) is 14.9 Å². The average molecular weight is 360 g/mol. The highest BCUT2D eigenvalue weighted by Gasteiger charge is 2.22. The number of amides is 1. The van der Waals surface area contributed by atoms with E-state index in [4.69, 9.17) is 17.4 Å². The summed E-state index contributed by atoms with van der Waals surface area (Å²) in [7, 11) is 0. The molecule has 23 heavy (non-hydrogen) atoms. The van der Waals surface area contributed by atoms with E-state index in [1.807, 2.05) is 36.4 Å². The molecule has 0 aromatic heterocycles. The molecule has 2 aromatic carbocycles. The second kappa shape index (κ2) is 7.18. The monoisotopic (exact) mass is 360 g/mol. The van der Waals surface area contributed by atoms with E-state index >= 15 is 0 Å². The van der Waals surface area contributed by atoms with Crippen LogP contribution in [0, 0.1) is 0 Å². The van der Waals surface area contributed by atoms with Gasteiger partial charge in [0.25, 0.3) is 5.91 Å². The van der Waals surface area contributed by atoms with Crippen molar-refractivity contribution >= 4 is 57.7 Å². The fourth-order valence-electron chi connectivity index (χ4n) is 2.00. The molecule has 0 radical (unpaired) electrons. The van der Waals surface area contributed by atoms with Crippen molar-refractivity contribution in [3.05, 3.63) is 59.0 Å². The Balaban J connectivity index is 1.98. The number of rotatable bonds is 4. The number of benzene rings is 2. The fourth-order valence-corrected chi connectivity index (χ4v) is 3.96. The lowest BCUT2D eigenvalue weighted by atomic mass is 10.2. The lowest BCUT2D eigenvalue weighted by Gasteiger charge is -2.09. The van der Waals surface area contributed by atoms with E-state index in [9.17, 15) is 4.79 Å². The van der Waals surface area contributed by atoms with Crippen LogP contribution in [0.1, 0.15) is 5.56 Å². The van der Waals surface area contributed by atoms with Gasteiger partial charge >= 0.3 is 0 Å². The number of nitrogens with one attached hydrogen (secondary N) is 2. The zero-order chi connectivity index (χ0) is 16.2. The maximum absolute atomic E-state index is 11.9. The van der Waals surface area contributed by atoms with Crippen molar-refractivity contribution in [1.29, 1.82) is 0 Å². The number of hydrogen-bond donors (Lipinski definition) is 3. The number of anilines is 1. The lowest BCUT2D eigenvalue weighted by molar-refractivity contribution is -0.115. The minimum absolute atomic E-state index is 0.196. The Morgan fingerprint density at radius 2 is 2.00 bits per heavy atom. The molecular weight excluding hydrogens is 348 g/mol. The molecule has 0 atom stereocenters. The van der Waals surface area contributed by atoms with Crippen LogP contribution in [-0.2, 0) is 4.79 Å². The minimum atomic E-state index is -0.196. The summed E-state index contributed by atoms with van der Waals surface area (Å²) in [6.07, 6.45) is 1.78. The Morgan fingerprint density at radius 3 is 2.65 bits per heavy atom. The van der Waals surface area contributed by atoms with E-state index in [1.54, 1.807) is 30.0 Å². The van der Waals surface area contributed by atoms with Gasteiger partial charge in [-0.05, 0) is 42.0 Å². The van der Waals surface area contributed by atoms with Crippen molar-refractivity contribution in [2.75, 3.05) is 5.48 Å². The van der Waals surface area contributed by atoms with Crippen LogP contribution in [0.3, 0.4) is 0 Å². The van der Waals surface area contributed by atoms with Gasteiger partial charge in [-0.15, -0.1) is 0 Å². The first-order valence-corrected chi connectivity index (χ1v) is 8.72.